The summed E-state index contributed by atoms with van der Waals surface area (Å²) in [6.07, 6.45) is 4.86. The number of rotatable bonds is 4. The number of aromatic hydroxyl groups is 1. The van der Waals surface area contributed by atoms with E-state index in [1.54, 1.807) is 36.7 Å². The molecular weight excluding hydrogens is 414 g/mol. The number of benzene rings is 2. The van der Waals surface area contributed by atoms with E-state index in [-0.39, 0.29) is 11.7 Å². The van der Waals surface area contributed by atoms with Gasteiger partial charge in [0.2, 0.25) is 5.95 Å². The normalized spacial score (nSPS) is 14.6. The Morgan fingerprint density at radius 3 is 2.47 bits per heavy atom. The third kappa shape index (κ3) is 3.84. The molecule has 0 spiro atoms. The first kappa shape index (κ1) is 19.9. The maximum atomic E-state index is 14.8. The van der Waals surface area contributed by atoms with Crippen molar-refractivity contribution in [2.45, 2.75) is 0 Å². The Kier molecular flexibility index (Phi) is 5.14. The minimum absolute atomic E-state index is 0.119. The number of aromatic nitrogens is 3. The molecule has 3 heterocycles. The third-order valence-corrected chi connectivity index (χ3v) is 5.51. The Labute approximate surface area is 182 Å². The number of anilines is 2. The van der Waals surface area contributed by atoms with Crippen molar-refractivity contribution in [1.82, 2.24) is 15.0 Å². The first-order chi connectivity index (χ1) is 15.6. The Bertz CT molecular complexity index is 1280. The summed E-state index contributed by atoms with van der Waals surface area (Å²) in [5.41, 5.74) is 1.82. The van der Waals surface area contributed by atoms with E-state index in [0.717, 1.165) is 0 Å². The first-order valence-corrected chi connectivity index (χ1v) is 10.2. The van der Waals surface area contributed by atoms with Gasteiger partial charge >= 0.3 is 0 Å². The van der Waals surface area contributed by atoms with Gasteiger partial charge in [-0.05, 0) is 36.4 Å². The summed E-state index contributed by atoms with van der Waals surface area (Å²) in [6, 6.07) is 10.7. The molecule has 1 saturated heterocycles. The summed E-state index contributed by atoms with van der Waals surface area (Å²) in [5, 5.41) is 10.7. The van der Waals surface area contributed by atoms with Crippen LogP contribution in [0.25, 0.3) is 10.9 Å². The number of aromatic amines is 1. The van der Waals surface area contributed by atoms with Crippen molar-refractivity contribution < 1.29 is 13.9 Å². The topological polar surface area (TPSA) is 80.6 Å². The minimum atomic E-state index is -0.406. The fourth-order valence-corrected chi connectivity index (χ4v) is 3.88. The van der Waals surface area contributed by atoms with E-state index >= 15 is 0 Å². The molecule has 1 aliphatic rings. The van der Waals surface area contributed by atoms with Crippen LogP contribution in [0.1, 0.15) is 5.56 Å². The largest absolute Gasteiger partial charge is 0.494 e. The van der Waals surface area contributed by atoms with Crippen LogP contribution in [0.2, 0.25) is 0 Å². The van der Waals surface area contributed by atoms with Gasteiger partial charge in [0, 0.05) is 56.2 Å². The summed E-state index contributed by atoms with van der Waals surface area (Å²) in [5.74, 6) is -0.210. The lowest BCUT2D eigenvalue weighted by molar-refractivity contribution is 0.457. The van der Waals surface area contributed by atoms with E-state index in [0.29, 0.717) is 60.0 Å². The smallest absolute Gasteiger partial charge is 0.225 e. The quantitative estimate of drug-likeness (QED) is 0.474. The van der Waals surface area contributed by atoms with Crippen LogP contribution in [0.4, 0.5) is 26.1 Å². The number of halogens is 2. The van der Waals surface area contributed by atoms with Gasteiger partial charge in [0.15, 0.2) is 5.88 Å². The van der Waals surface area contributed by atoms with Crippen LogP contribution in [-0.2, 0) is 0 Å². The predicted molar refractivity (Wildman–Crippen MR) is 120 cm³/mol. The lowest BCUT2D eigenvalue weighted by Crippen LogP contribution is -2.47. The van der Waals surface area contributed by atoms with Gasteiger partial charge in [0.25, 0.3) is 0 Å². The molecule has 5 rings (SSSR count). The Balaban J connectivity index is 1.31. The highest BCUT2D eigenvalue weighted by molar-refractivity contribution is 6.02. The zero-order valence-corrected chi connectivity index (χ0v) is 17.0. The molecule has 162 valence electrons. The maximum absolute atomic E-state index is 14.8. The van der Waals surface area contributed by atoms with Crippen LogP contribution in [0.15, 0.2) is 59.9 Å². The highest BCUT2D eigenvalue weighted by Gasteiger charge is 2.21. The average Bonchev–Trinajstić information content (AvgIpc) is 3.12. The van der Waals surface area contributed by atoms with Crippen LogP contribution in [-0.4, -0.2) is 52.5 Å². The van der Waals surface area contributed by atoms with Crippen molar-refractivity contribution in [2.24, 2.45) is 4.99 Å². The van der Waals surface area contributed by atoms with E-state index in [1.807, 2.05) is 4.90 Å². The lowest BCUT2D eigenvalue weighted by Gasteiger charge is -2.36. The lowest BCUT2D eigenvalue weighted by atomic mass is 10.2. The van der Waals surface area contributed by atoms with E-state index < -0.39 is 5.82 Å². The summed E-state index contributed by atoms with van der Waals surface area (Å²) in [7, 11) is 0. The second-order valence-corrected chi connectivity index (χ2v) is 7.49. The number of piperazine rings is 1. The van der Waals surface area contributed by atoms with Crippen molar-refractivity contribution in [1.29, 1.82) is 0 Å². The van der Waals surface area contributed by atoms with Crippen LogP contribution in [0, 0.1) is 11.6 Å². The van der Waals surface area contributed by atoms with Crippen molar-refractivity contribution >= 4 is 34.4 Å². The van der Waals surface area contributed by atoms with Crippen LogP contribution in [0.5, 0.6) is 5.88 Å². The summed E-state index contributed by atoms with van der Waals surface area (Å²) >= 11 is 0. The molecule has 0 saturated carbocycles. The molecule has 32 heavy (non-hydrogen) atoms. The Morgan fingerprint density at radius 1 is 0.969 bits per heavy atom. The average molecular weight is 434 g/mol. The van der Waals surface area contributed by atoms with Gasteiger partial charge in [-0.3, -0.25) is 4.99 Å². The monoisotopic (exact) mass is 434 g/mol. The molecule has 0 unspecified atom stereocenters. The predicted octanol–water partition coefficient (Wildman–Crippen LogP) is 4.02. The fraction of sp³-hybridized carbons (Fsp3) is 0.174. The number of nitrogens with one attached hydrogen (secondary N) is 1. The molecule has 0 bridgehead atoms. The number of hydrogen-bond donors (Lipinski definition) is 2. The van der Waals surface area contributed by atoms with Crippen LogP contribution >= 0.6 is 0 Å². The number of fused-ring (bicyclic) bond motifs is 1. The van der Waals surface area contributed by atoms with Gasteiger partial charge in [0.05, 0.1) is 22.5 Å². The molecular formula is C23H20F2N6O. The Morgan fingerprint density at radius 2 is 1.72 bits per heavy atom. The number of aliphatic imine (C=N–C) groups is 1. The van der Waals surface area contributed by atoms with Crippen molar-refractivity contribution in [2.75, 3.05) is 36.0 Å². The summed E-state index contributed by atoms with van der Waals surface area (Å²) in [6.45, 7) is 2.70. The van der Waals surface area contributed by atoms with E-state index in [9.17, 15) is 13.9 Å². The zero-order chi connectivity index (χ0) is 22.1. The fourth-order valence-electron chi connectivity index (χ4n) is 3.88. The molecule has 1 aliphatic heterocycles. The molecule has 4 aromatic rings. The van der Waals surface area contributed by atoms with E-state index in [4.69, 9.17) is 0 Å². The molecule has 7 nitrogen and oxygen atoms in total. The van der Waals surface area contributed by atoms with Crippen LogP contribution in [0.3, 0.4) is 0 Å². The molecule has 2 N–H and O–H groups in total. The van der Waals surface area contributed by atoms with Gasteiger partial charge in [-0.15, -0.1) is 0 Å². The molecule has 2 aromatic heterocycles. The molecule has 0 amide bonds. The van der Waals surface area contributed by atoms with Gasteiger partial charge in [0.1, 0.15) is 11.6 Å². The molecule has 9 heteroatoms. The standard InChI is InChI=1S/C23H20F2N6O/c24-15-2-4-17-18(22(32)29-20(17)12-15)14-28-16-3-5-21(19(25)13-16)30-8-10-31(11-9-30)23-26-6-1-7-27-23/h1-7,12-14,29,32H,8-11H2. The minimum Gasteiger partial charge on any atom is -0.494 e. The number of hydrogen-bond acceptors (Lipinski definition) is 6. The zero-order valence-electron chi connectivity index (χ0n) is 17.0. The van der Waals surface area contributed by atoms with Gasteiger partial charge in [-0.25, -0.2) is 18.7 Å². The maximum Gasteiger partial charge on any atom is 0.225 e. The second-order valence-electron chi connectivity index (χ2n) is 7.49. The highest BCUT2D eigenvalue weighted by Crippen LogP contribution is 2.29. The molecule has 2 aromatic carbocycles. The first-order valence-electron chi connectivity index (χ1n) is 10.2. The number of nitrogens with zero attached hydrogens (tertiary/aromatic N) is 5. The number of H-pyrrole nitrogens is 1. The summed E-state index contributed by atoms with van der Waals surface area (Å²) in [4.78, 5) is 19.6. The van der Waals surface area contributed by atoms with Gasteiger partial charge < -0.3 is 19.9 Å². The van der Waals surface area contributed by atoms with E-state index in [1.165, 1.54) is 24.4 Å². The van der Waals surface area contributed by atoms with Gasteiger partial charge in [-0.1, -0.05) is 0 Å². The Hall–Kier alpha value is -4.01. The molecule has 0 aliphatic carbocycles. The van der Waals surface area contributed by atoms with E-state index in [2.05, 4.69) is 24.8 Å². The third-order valence-electron chi connectivity index (χ3n) is 5.51. The second kappa shape index (κ2) is 8.26. The van der Waals surface area contributed by atoms with Crippen molar-refractivity contribution in [3.05, 3.63) is 72.1 Å². The van der Waals surface area contributed by atoms with Crippen LogP contribution < -0.4 is 9.80 Å². The molecule has 1 fully saturated rings. The van der Waals surface area contributed by atoms with Gasteiger partial charge in [-0.2, -0.15) is 0 Å². The SMILES string of the molecule is Oc1[nH]c2cc(F)ccc2c1C=Nc1ccc(N2CCN(c3ncccn3)CC2)c(F)c1. The highest BCUT2D eigenvalue weighted by atomic mass is 19.1. The molecule has 0 radical (unpaired) electrons. The molecule has 0 atom stereocenters. The van der Waals surface area contributed by atoms with Crippen molar-refractivity contribution in [3.8, 4) is 5.88 Å². The summed E-state index contributed by atoms with van der Waals surface area (Å²) < 4.78 is 28.2. The van der Waals surface area contributed by atoms with Crippen molar-refractivity contribution in [3.63, 3.8) is 0 Å².